The van der Waals surface area contributed by atoms with E-state index < -0.39 is 0 Å². The molecule has 1 saturated heterocycles. The number of piperidine rings is 1. The van der Waals surface area contributed by atoms with E-state index in [4.69, 9.17) is 0 Å². The van der Waals surface area contributed by atoms with Gasteiger partial charge in [-0.2, -0.15) is 17.7 Å². The molecular formula is C16H27N3OS. The number of hydrogen-bond acceptors (Lipinski definition) is 4. The van der Waals surface area contributed by atoms with E-state index in [2.05, 4.69) is 36.5 Å². The van der Waals surface area contributed by atoms with Crippen LogP contribution in [0.15, 0.2) is 17.1 Å². The van der Waals surface area contributed by atoms with Gasteiger partial charge in [-0.1, -0.05) is 20.3 Å². The first-order valence-electron chi connectivity index (χ1n) is 8.07. The molecule has 2 atom stereocenters. The number of anilines is 1. The highest BCUT2D eigenvalue weighted by molar-refractivity contribution is 7.80. The van der Waals surface area contributed by atoms with Gasteiger partial charge in [0, 0.05) is 25.7 Å². The molecule has 1 aromatic heterocycles. The first-order valence-corrected chi connectivity index (χ1v) is 8.70. The second kappa shape index (κ2) is 7.87. The Morgan fingerprint density at radius 2 is 2.33 bits per heavy atom. The predicted octanol–water partition coefficient (Wildman–Crippen LogP) is 2.83. The molecule has 1 aliphatic rings. The Hall–Kier alpha value is -0.970. The smallest absolute Gasteiger partial charge is 0.268 e. The molecule has 5 heteroatoms. The molecule has 2 rings (SSSR count). The van der Waals surface area contributed by atoms with Gasteiger partial charge >= 0.3 is 0 Å². The van der Waals surface area contributed by atoms with Crippen molar-refractivity contribution >= 4 is 18.3 Å². The highest BCUT2D eigenvalue weighted by Gasteiger charge is 2.18. The van der Waals surface area contributed by atoms with E-state index in [1.165, 1.54) is 12.8 Å². The number of thiol groups is 1. The highest BCUT2D eigenvalue weighted by atomic mass is 32.1. The van der Waals surface area contributed by atoms with Crippen LogP contribution in [0.3, 0.4) is 0 Å². The molecular weight excluding hydrogens is 282 g/mol. The van der Waals surface area contributed by atoms with Crippen molar-refractivity contribution in [1.82, 2.24) is 9.78 Å². The maximum atomic E-state index is 12.3. The third kappa shape index (κ3) is 4.50. The van der Waals surface area contributed by atoms with E-state index >= 15 is 0 Å². The van der Waals surface area contributed by atoms with Crippen molar-refractivity contribution < 1.29 is 0 Å². The average Bonchev–Trinajstić information content (AvgIpc) is 2.48. The lowest BCUT2D eigenvalue weighted by atomic mass is 10.00. The molecule has 0 aromatic carbocycles. The summed E-state index contributed by atoms with van der Waals surface area (Å²) >= 11 is 4.38. The molecule has 0 spiro atoms. The second-order valence-electron chi connectivity index (χ2n) is 6.26. The zero-order chi connectivity index (χ0) is 15.2. The van der Waals surface area contributed by atoms with Crippen molar-refractivity contribution in [3.05, 3.63) is 22.6 Å². The zero-order valence-electron chi connectivity index (χ0n) is 13.2. The van der Waals surface area contributed by atoms with Crippen LogP contribution < -0.4 is 10.5 Å². The largest absolute Gasteiger partial charge is 0.370 e. The van der Waals surface area contributed by atoms with Crippen molar-refractivity contribution in [1.29, 1.82) is 0 Å². The van der Waals surface area contributed by atoms with Gasteiger partial charge in [0.25, 0.3) is 5.56 Å². The van der Waals surface area contributed by atoms with Gasteiger partial charge in [-0.3, -0.25) is 4.79 Å². The molecule has 1 aromatic rings. The van der Waals surface area contributed by atoms with E-state index in [0.717, 1.165) is 37.4 Å². The summed E-state index contributed by atoms with van der Waals surface area (Å²) in [6.07, 6.45) is 6.53. The molecule has 0 saturated carbocycles. The number of aromatic nitrogens is 2. The second-order valence-corrected chi connectivity index (χ2v) is 6.63. The van der Waals surface area contributed by atoms with Crippen LogP contribution in [0.2, 0.25) is 0 Å². The summed E-state index contributed by atoms with van der Waals surface area (Å²) in [5, 5.41) is 4.38. The van der Waals surface area contributed by atoms with E-state index in [0.29, 0.717) is 18.4 Å². The fourth-order valence-electron chi connectivity index (χ4n) is 3.05. The summed E-state index contributed by atoms with van der Waals surface area (Å²) in [6, 6.07) is 1.74. The van der Waals surface area contributed by atoms with Crippen LogP contribution in [0.5, 0.6) is 0 Å². The summed E-state index contributed by atoms with van der Waals surface area (Å²) in [4.78, 5) is 14.6. The summed E-state index contributed by atoms with van der Waals surface area (Å²) in [5.41, 5.74) is 0.981. The molecule has 1 aliphatic heterocycles. The first kappa shape index (κ1) is 16.4. The molecule has 2 heterocycles. The lowest BCUT2D eigenvalue weighted by molar-refractivity contribution is 0.412. The minimum Gasteiger partial charge on any atom is -0.370 e. The highest BCUT2D eigenvalue weighted by Crippen LogP contribution is 2.21. The van der Waals surface area contributed by atoms with Crippen molar-refractivity contribution in [2.45, 2.75) is 46.1 Å². The van der Waals surface area contributed by atoms with Crippen molar-refractivity contribution in [2.24, 2.45) is 11.8 Å². The van der Waals surface area contributed by atoms with Gasteiger partial charge in [-0.15, -0.1) is 0 Å². The van der Waals surface area contributed by atoms with Crippen LogP contribution in [-0.2, 0) is 6.54 Å². The molecule has 0 bridgehead atoms. The van der Waals surface area contributed by atoms with Crippen LogP contribution in [0.25, 0.3) is 0 Å². The van der Waals surface area contributed by atoms with Crippen LogP contribution in [0.1, 0.15) is 39.5 Å². The topological polar surface area (TPSA) is 38.1 Å². The summed E-state index contributed by atoms with van der Waals surface area (Å²) in [5.74, 6) is 1.91. The Morgan fingerprint density at radius 3 is 2.95 bits per heavy atom. The number of hydrogen-bond donors (Lipinski definition) is 1. The Kier molecular flexibility index (Phi) is 6.15. The Morgan fingerprint density at radius 1 is 1.52 bits per heavy atom. The van der Waals surface area contributed by atoms with Gasteiger partial charge in [-0.25, -0.2) is 4.68 Å². The molecule has 0 radical (unpaired) electrons. The van der Waals surface area contributed by atoms with E-state index in [9.17, 15) is 4.79 Å². The monoisotopic (exact) mass is 309 g/mol. The molecule has 4 nitrogen and oxygen atoms in total. The lowest BCUT2D eigenvalue weighted by Crippen LogP contribution is -2.36. The van der Waals surface area contributed by atoms with E-state index in [1.807, 2.05) is 6.20 Å². The third-order valence-corrected chi connectivity index (χ3v) is 4.78. The van der Waals surface area contributed by atoms with Gasteiger partial charge < -0.3 is 4.90 Å². The molecule has 118 valence electrons. The summed E-state index contributed by atoms with van der Waals surface area (Å²) in [7, 11) is 0. The van der Waals surface area contributed by atoms with Crippen molar-refractivity contribution in [2.75, 3.05) is 23.7 Å². The summed E-state index contributed by atoms with van der Waals surface area (Å²) in [6.45, 7) is 7.16. The van der Waals surface area contributed by atoms with Crippen molar-refractivity contribution in [3.63, 3.8) is 0 Å². The quantitative estimate of drug-likeness (QED) is 0.821. The van der Waals surface area contributed by atoms with Gasteiger partial charge in [0.2, 0.25) is 0 Å². The lowest BCUT2D eigenvalue weighted by Gasteiger charge is -2.32. The van der Waals surface area contributed by atoms with Crippen LogP contribution >= 0.6 is 12.6 Å². The predicted molar refractivity (Wildman–Crippen MR) is 91.4 cm³/mol. The summed E-state index contributed by atoms with van der Waals surface area (Å²) < 4.78 is 1.59. The number of nitrogens with zero attached hydrogens (tertiary/aromatic N) is 3. The average molecular weight is 309 g/mol. The normalized spacial score (nSPS) is 20.5. The Balaban J connectivity index is 2.08. The van der Waals surface area contributed by atoms with E-state index in [-0.39, 0.29) is 5.56 Å². The minimum atomic E-state index is 0.00797. The number of rotatable bonds is 6. The van der Waals surface area contributed by atoms with E-state index in [1.54, 1.807) is 10.7 Å². The third-order valence-electron chi connectivity index (χ3n) is 4.26. The zero-order valence-corrected chi connectivity index (χ0v) is 14.1. The molecule has 21 heavy (non-hydrogen) atoms. The first-order chi connectivity index (χ1) is 10.1. The van der Waals surface area contributed by atoms with Gasteiger partial charge in [-0.05, 0) is 36.9 Å². The van der Waals surface area contributed by atoms with Gasteiger partial charge in [0.1, 0.15) is 0 Å². The SMILES string of the molecule is CCCC(CS)Cn1ncc(N2CCCC(C)C2)cc1=O. The Labute approximate surface area is 132 Å². The fourth-order valence-corrected chi connectivity index (χ4v) is 3.35. The van der Waals surface area contributed by atoms with Crippen LogP contribution in [0.4, 0.5) is 5.69 Å². The molecule has 0 amide bonds. The molecule has 0 N–H and O–H groups in total. The standard InChI is InChI=1S/C16H27N3OS/c1-3-5-14(12-21)11-19-16(20)8-15(9-17-19)18-7-4-6-13(2)10-18/h8-9,13-14,21H,3-7,10-12H2,1-2H3. The van der Waals surface area contributed by atoms with Gasteiger partial charge in [0.15, 0.2) is 0 Å². The Bertz CT molecular complexity index is 503. The molecule has 2 unspecified atom stereocenters. The van der Waals surface area contributed by atoms with Crippen molar-refractivity contribution in [3.8, 4) is 0 Å². The minimum absolute atomic E-state index is 0.00797. The maximum absolute atomic E-state index is 12.3. The van der Waals surface area contributed by atoms with Crippen LogP contribution in [-0.4, -0.2) is 28.6 Å². The molecule has 1 fully saturated rings. The molecule has 0 aliphatic carbocycles. The van der Waals surface area contributed by atoms with Gasteiger partial charge in [0.05, 0.1) is 11.9 Å². The fraction of sp³-hybridized carbons (Fsp3) is 0.750. The van der Waals surface area contributed by atoms with Crippen LogP contribution in [0, 0.1) is 11.8 Å². The maximum Gasteiger partial charge on any atom is 0.268 e.